The van der Waals surface area contributed by atoms with E-state index in [0.717, 1.165) is 30.1 Å². The van der Waals surface area contributed by atoms with Crippen LogP contribution in [0, 0.1) is 46.3 Å². The van der Waals surface area contributed by atoms with Gasteiger partial charge < -0.3 is 10.2 Å². The van der Waals surface area contributed by atoms with E-state index in [1.54, 1.807) is 0 Å². The monoisotopic (exact) mass is 406 g/mol. The van der Waals surface area contributed by atoms with Crippen LogP contribution in [-0.2, 0) is 4.79 Å². The molecular weight excluding hydrogens is 360 g/mol. The molecule has 0 heterocycles. The van der Waals surface area contributed by atoms with Crippen molar-refractivity contribution in [3.8, 4) is 0 Å². The summed E-state index contributed by atoms with van der Waals surface area (Å²) in [6.45, 7) is 8.96. The smallest absolute Gasteiger partial charge is 0.308 e. The van der Waals surface area contributed by atoms with Crippen LogP contribution in [0.5, 0.6) is 0 Å². The number of aliphatic hydroxyl groups is 1. The molecule has 0 saturated heterocycles. The van der Waals surface area contributed by atoms with Crippen LogP contribution in [0.1, 0.15) is 105 Å². The van der Waals surface area contributed by atoms with Gasteiger partial charge in [-0.05, 0) is 105 Å². The summed E-state index contributed by atoms with van der Waals surface area (Å²) in [5.74, 6) is 2.96. The van der Waals surface area contributed by atoms with Gasteiger partial charge >= 0.3 is 5.97 Å². The van der Waals surface area contributed by atoms with Gasteiger partial charge in [0.1, 0.15) is 0 Å². The lowest BCUT2D eigenvalue weighted by Gasteiger charge is -2.60. The summed E-state index contributed by atoms with van der Waals surface area (Å²) >= 11 is 0. The molecule has 4 saturated carbocycles. The van der Waals surface area contributed by atoms with Gasteiger partial charge in [0.15, 0.2) is 0 Å². The zero-order chi connectivity index (χ0) is 21.2. The molecule has 0 bridgehead atoms. The number of fused-ring (bicyclic) bond motifs is 5. The molecule has 8 atom stereocenters. The third-order valence-electron chi connectivity index (χ3n) is 10.2. The first-order valence-electron chi connectivity index (χ1n) is 12.7. The lowest BCUT2D eigenvalue weighted by Crippen LogP contribution is -2.52. The Labute approximate surface area is 179 Å². The number of hydrogen-bond donors (Lipinski definition) is 2. The van der Waals surface area contributed by atoms with E-state index in [9.17, 15) is 15.0 Å². The van der Waals surface area contributed by atoms with Gasteiger partial charge in [0.05, 0.1) is 12.5 Å². The molecule has 29 heavy (non-hydrogen) atoms. The molecule has 3 heteroatoms. The molecule has 0 aromatic carbocycles. The van der Waals surface area contributed by atoms with Crippen molar-refractivity contribution < 1.29 is 15.0 Å². The highest BCUT2D eigenvalue weighted by Gasteiger charge is 2.59. The van der Waals surface area contributed by atoms with Crippen molar-refractivity contribution in [3.63, 3.8) is 0 Å². The highest BCUT2D eigenvalue weighted by atomic mass is 16.4. The molecule has 168 valence electrons. The Balaban J connectivity index is 0.00000117. The Morgan fingerprint density at radius 2 is 1.66 bits per heavy atom. The van der Waals surface area contributed by atoms with Crippen LogP contribution in [0.2, 0.25) is 0 Å². The predicted molar refractivity (Wildman–Crippen MR) is 119 cm³/mol. The highest BCUT2D eigenvalue weighted by molar-refractivity contribution is 5.70. The van der Waals surface area contributed by atoms with E-state index >= 15 is 0 Å². The van der Waals surface area contributed by atoms with Crippen LogP contribution in [0.15, 0.2) is 0 Å². The van der Waals surface area contributed by atoms with Crippen LogP contribution in [-0.4, -0.2) is 22.8 Å². The van der Waals surface area contributed by atoms with E-state index in [1.807, 2.05) is 13.8 Å². The minimum atomic E-state index is -0.829. The van der Waals surface area contributed by atoms with Gasteiger partial charge in [0.2, 0.25) is 0 Å². The van der Waals surface area contributed by atoms with Gasteiger partial charge in [-0.15, -0.1) is 0 Å². The molecule has 0 aliphatic heterocycles. The maximum atomic E-state index is 11.3. The normalized spacial score (nSPS) is 44.5. The van der Waals surface area contributed by atoms with Crippen molar-refractivity contribution in [2.45, 2.75) is 105 Å². The first-order chi connectivity index (χ1) is 13.9. The molecule has 4 aliphatic carbocycles. The number of carboxylic acids is 1. The first-order valence-corrected chi connectivity index (χ1v) is 12.7. The SMILES string of the molecule is CC.CC12CCCCC1CCC1C2CCC2(C)C(CCC(CO)C(=O)O)CCC12. The van der Waals surface area contributed by atoms with E-state index in [4.69, 9.17) is 0 Å². The number of rotatable bonds is 5. The van der Waals surface area contributed by atoms with E-state index in [-0.39, 0.29) is 6.61 Å². The molecule has 4 aliphatic rings. The molecule has 0 amide bonds. The van der Waals surface area contributed by atoms with Crippen molar-refractivity contribution in [1.82, 2.24) is 0 Å². The Morgan fingerprint density at radius 3 is 2.34 bits per heavy atom. The van der Waals surface area contributed by atoms with Gasteiger partial charge in [0, 0.05) is 0 Å². The van der Waals surface area contributed by atoms with Gasteiger partial charge in [-0.2, -0.15) is 0 Å². The summed E-state index contributed by atoms with van der Waals surface area (Å²) in [6, 6.07) is 0. The Bertz CT molecular complexity index is 560. The van der Waals surface area contributed by atoms with E-state index < -0.39 is 11.9 Å². The van der Waals surface area contributed by atoms with Gasteiger partial charge in [-0.25, -0.2) is 0 Å². The van der Waals surface area contributed by atoms with Crippen molar-refractivity contribution in [2.75, 3.05) is 6.61 Å². The Kier molecular flexibility index (Phi) is 7.40. The van der Waals surface area contributed by atoms with Crippen LogP contribution in [0.4, 0.5) is 0 Å². The zero-order valence-electron chi connectivity index (χ0n) is 19.5. The lowest BCUT2D eigenvalue weighted by molar-refractivity contribution is -0.143. The van der Waals surface area contributed by atoms with Gasteiger partial charge in [0.25, 0.3) is 0 Å². The maximum Gasteiger partial charge on any atom is 0.308 e. The topological polar surface area (TPSA) is 57.5 Å². The minimum absolute atomic E-state index is 0.216. The Hall–Kier alpha value is -0.570. The largest absolute Gasteiger partial charge is 0.481 e. The van der Waals surface area contributed by atoms with Crippen LogP contribution in [0.3, 0.4) is 0 Å². The third-order valence-corrected chi connectivity index (χ3v) is 10.2. The summed E-state index contributed by atoms with van der Waals surface area (Å²) in [5.41, 5.74) is 1.02. The molecule has 0 spiro atoms. The van der Waals surface area contributed by atoms with Crippen molar-refractivity contribution in [2.24, 2.45) is 46.3 Å². The summed E-state index contributed by atoms with van der Waals surface area (Å²) in [5, 5.41) is 18.7. The third kappa shape index (κ3) is 4.02. The summed E-state index contributed by atoms with van der Waals surface area (Å²) < 4.78 is 0. The first kappa shape index (κ1) is 23.1. The molecule has 4 rings (SSSR count). The quantitative estimate of drug-likeness (QED) is 0.545. The van der Waals surface area contributed by atoms with E-state index in [1.165, 1.54) is 64.2 Å². The predicted octanol–water partition coefficient (Wildman–Crippen LogP) is 6.53. The molecule has 8 unspecified atom stereocenters. The van der Waals surface area contributed by atoms with Crippen molar-refractivity contribution in [1.29, 1.82) is 0 Å². The molecule has 3 nitrogen and oxygen atoms in total. The van der Waals surface area contributed by atoms with E-state index in [0.29, 0.717) is 23.2 Å². The molecular formula is C26H46O3. The fourth-order valence-corrected chi connectivity index (χ4v) is 8.57. The number of hydrogen-bond acceptors (Lipinski definition) is 2. The number of aliphatic hydroxyl groups excluding tert-OH is 1. The average molecular weight is 407 g/mol. The standard InChI is InChI=1S/C24H40O3.C2H6/c1-23-13-4-3-5-17(23)8-10-19-20-11-9-18(7-6-16(15-25)22(26)27)24(20,2)14-12-21(19)23;1-2/h16-21,25H,3-15H2,1-2H3,(H,26,27);1-2H3. The summed E-state index contributed by atoms with van der Waals surface area (Å²) in [6.07, 6.45) is 15.8. The fraction of sp³-hybridized carbons (Fsp3) is 0.962. The molecule has 0 aromatic heterocycles. The number of carboxylic acid groups (broad SMARTS) is 1. The minimum Gasteiger partial charge on any atom is -0.481 e. The lowest BCUT2D eigenvalue weighted by atomic mass is 9.45. The molecule has 2 N–H and O–H groups in total. The zero-order valence-corrected chi connectivity index (χ0v) is 19.5. The van der Waals surface area contributed by atoms with Crippen LogP contribution >= 0.6 is 0 Å². The summed E-state index contributed by atoms with van der Waals surface area (Å²) in [4.78, 5) is 11.3. The Morgan fingerprint density at radius 1 is 0.931 bits per heavy atom. The van der Waals surface area contributed by atoms with Crippen LogP contribution < -0.4 is 0 Å². The number of carbonyl (C=O) groups is 1. The van der Waals surface area contributed by atoms with Crippen molar-refractivity contribution >= 4 is 5.97 Å². The van der Waals surface area contributed by atoms with Gasteiger partial charge in [-0.1, -0.05) is 40.5 Å². The molecule has 0 aromatic rings. The van der Waals surface area contributed by atoms with Crippen molar-refractivity contribution in [3.05, 3.63) is 0 Å². The molecule has 0 radical (unpaired) electrons. The summed E-state index contributed by atoms with van der Waals surface area (Å²) in [7, 11) is 0. The van der Waals surface area contributed by atoms with Gasteiger partial charge in [-0.3, -0.25) is 4.79 Å². The van der Waals surface area contributed by atoms with E-state index in [2.05, 4.69) is 13.8 Å². The maximum absolute atomic E-state index is 11.3. The molecule has 4 fully saturated rings. The second-order valence-electron chi connectivity index (χ2n) is 11.0. The second-order valence-corrected chi connectivity index (χ2v) is 11.0. The highest BCUT2D eigenvalue weighted by Crippen LogP contribution is 2.67. The fourth-order valence-electron chi connectivity index (χ4n) is 8.57. The number of aliphatic carboxylic acids is 1. The second kappa shape index (κ2) is 9.28. The van der Waals surface area contributed by atoms with Crippen LogP contribution in [0.25, 0.3) is 0 Å². The average Bonchev–Trinajstić information content (AvgIpc) is 3.06.